The zero-order valence-corrected chi connectivity index (χ0v) is 16.0. The van der Waals surface area contributed by atoms with Crippen LogP contribution in [0.3, 0.4) is 0 Å². The second-order valence-corrected chi connectivity index (χ2v) is 9.42. The number of anilines is 1. The first-order valence-electron chi connectivity index (χ1n) is 8.74. The Morgan fingerprint density at radius 1 is 0.923 bits per heavy atom. The number of aromatic nitrogens is 1. The first-order chi connectivity index (χ1) is 12.6. The smallest absolute Gasteiger partial charge is 0.218 e. The molecule has 1 aliphatic rings. The molecule has 2 aromatic carbocycles. The molecule has 0 saturated carbocycles. The van der Waals surface area contributed by atoms with E-state index >= 15 is 0 Å². The summed E-state index contributed by atoms with van der Waals surface area (Å²) in [5.74, 6) is 0.0645. The number of sulfonamides is 1. The summed E-state index contributed by atoms with van der Waals surface area (Å²) in [5.41, 5.74) is 1.84. The van der Waals surface area contributed by atoms with Crippen molar-refractivity contribution in [2.75, 3.05) is 31.1 Å². The topological polar surface area (TPSA) is 53.5 Å². The summed E-state index contributed by atoms with van der Waals surface area (Å²) in [6.45, 7) is 2.58. The van der Waals surface area contributed by atoms with Gasteiger partial charge in [-0.3, -0.25) is 0 Å². The van der Waals surface area contributed by atoms with Gasteiger partial charge in [0.1, 0.15) is 0 Å². The molecule has 26 heavy (non-hydrogen) atoms. The van der Waals surface area contributed by atoms with Crippen molar-refractivity contribution < 1.29 is 8.42 Å². The van der Waals surface area contributed by atoms with Crippen molar-refractivity contribution >= 4 is 36.7 Å². The van der Waals surface area contributed by atoms with Gasteiger partial charge >= 0.3 is 0 Å². The van der Waals surface area contributed by atoms with Crippen LogP contribution < -0.4 is 4.90 Å². The van der Waals surface area contributed by atoms with Crippen LogP contribution in [0.1, 0.15) is 12.0 Å². The molecule has 0 spiro atoms. The van der Waals surface area contributed by atoms with Gasteiger partial charge in [0.25, 0.3) is 0 Å². The maximum Gasteiger partial charge on any atom is 0.218 e. The Labute approximate surface area is 157 Å². The number of nitrogens with zero attached hydrogens (tertiary/aromatic N) is 3. The van der Waals surface area contributed by atoms with Crippen LogP contribution in [0.4, 0.5) is 5.13 Å². The van der Waals surface area contributed by atoms with Gasteiger partial charge in [-0.1, -0.05) is 53.8 Å². The number of para-hydroxylation sites is 1. The maximum atomic E-state index is 12.8. The van der Waals surface area contributed by atoms with Gasteiger partial charge in [0.15, 0.2) is 5.13 Å². The van der Waals surface area contributed by atoms with Gasteiger partial charge in [-0.25, -0.2) is 13.4 Å². The Morgan fingerprint density at radius 2 is 1.69 bits per heavy atom. The fourth-order valence-electron chi connectivity index (χ4n) is 3.23. The molecule has 1 aromatic heterocycles. The molecule has 7 heteroatoms. The van der Waals surface area contributed by atoms with Crippen molar-refractivity contribution in [1.82, 2.24) is 9.29 Å². The molecule has 0 unspecified atom stereocenters. The van der Waals surface area contributed by atoms with E-state index in [1.165, 1.54) is 4.70 Å². The highest BCUT2D eigenvalue weighted by atomic mass is 32.2. The minimum Gasteiger partial charge on any atom is -0.347 e. The number of fused-ring (bicyclic) bond motifs is 1. The molecule has 0 amide bonds. The molecule has 1 aliphatic heterocycles. The van der Waals surface area contributed by atoms with Crippen LogP contribution in [-0.4, -0.2) is 43.9 Å². The second kappa shape index (κ2) is 7.34. The third-order valence-corrected chi connectivity index (χ3v) is 7.54. The van der Waals surface area contributed by atoms with Gasteiger partial charge in [0.2, 0.25) is 10.0 Å². The number of rotatable bonds is 4. The number of hydrogen-bond acceptors (Lipinski definition) is 5. The number of hydrogen-bond donors (Lipinski definition) is 0. The third-order valence-electron chi connectivity index (χ3n) is 4.59. The van der Waals surface area contributed by atoms with Crippen LogP contribution in [-0.2, 0) is 15.8 Å². The largest absolute Gasteiger partial charge is 0.347 e. The van der Waals surface area contributed by atoms with E-state index in [9.17, 15) is 8.42 Å². The van der Waals surface area contributed by atoms with Crippen LogP contribution in [0.25, 0.3) is 10.2 Å². The number of thiazole rings is 1. The van der Waals surface area contributed by atoms with E-state index in [1.807, 2.05) is 48.5 Å². The molecule has 136 valence electrons. The van der Waals surface area contributed by atoms with Crippen molar-refractivity contribution in [2.45, 2.75) is 12.2 Å². The fraction of sp³-hybridized carbons (Fsp3) is 0.316. The van der Waals surface area contributed by atoms with Gasteiger partial charge in [0, 0.05) is 26.2 Å². The molecule has 0 N–H and O–H groups in total. The second-order valence-electron chi connectivity index (χ2n) is 6.45. The van der Waals surface area contributed by atoms with Crippen molar-refractivity contribution in [1.29, 1.82) is 0 Å². The van der Waals surface area contributed by atoms with Crippen molar-refractivity contribution in [3.8, 4) is 0 Å². The van der Waals surface area contributed by atoms with E-state index in [0.29, 0.717) is 19.6 Å². The molecule has 4 rings (SSSR count). The standard InChI is InChI=1S/C19H21N3O2S2/c23-26(24,15-16-7-2-1-3-8-16)22-12-6-11-21(13-14-22)19-20-17-9-4-5-10-18(17)25-19/h1-5,7-10H,6,11-15H2. The van der Waals surface area contributed by atoms with Crippen LogP contribution in [0.5, 0.6) is 0 Å². The summed E-state index contributed by atoms with van der Waals surface area (Å²) in [6.07, 6.45) is 0.809. The van der Waals surface area contributed by atoms with Gasteiger partial charge in [-0.2, -0.15) is 4.31 Å². The molecule has 1 saturated heterocycles. The lowest BCUT2D eigenvalue weighted by molar-refractivity contribution is 0.432. The third kappa shape index (κ3) is 3.75. The molecular formula is C19H21N3O2S2. The predicted octanol–water partition coefficient (Wildman–Crippen LogP) is 3.34. The van der Waals surface area contributed by atoms with Crippen molar-refractivity contribution in [2.24, 2.45) is 0 Å². The monoisotopic (exact) mass is 387 g/mol. The first-order valence-corrected chi connectivity index (χ1v) is 11.2. The van der Waals surface area contributed by atoms with Crippen LogP contribution in [0.15, 0.2) is 54.6 Å². The van der Waals surface area contributed by atoms with E-state index < -0.39 is 10.0 Å². The minimum absolute atomic E-state index is 0.0645. The van der Waals surface area contributed by atoms with Gasteiger partial charge in [-0.15, -0.1) is 0 Å². The average molecular weight is 388 g/mol. The Hall–Kier alpha value is -1.96. The average Bonchev–Trinajstić information content (AvgIpc) is 2.90. The lowest BCUT2D eigenvalue weighted by Crippen LogP contribution is -2.36. The molecule has 0 atom stereocenters. The van der Waals surface area contributed by atoms with Crippen molar-refractivity contribution in [3.05, 3.63) is 60.2 Å². The van der Waals surface area contributed by atoms with Gasteiger partial charge in [-0.05, 0) is 24.1 Å². The molecule has 1 fully saturated rings. The van der Waals surface area contributed by atoms with Gasteiger partial charge in [0.05, 0.1) is 16.0 Å². The summed E-state index contributed by atoms with van der Waals surface area (Å²) >= 11 is 1.67. The molecule has 5 nitrogen and oxygen atoms in total. The predicted molar refractivity (Wildman–Crippen MR) is 107 cm³/mol. The summed E-state index contributed by atoms with van der Waals surface area (Å²) in [5, 5.41) is 0.980. The Kier molecular flexibility index (Phi) is 4.93. The summed E-state index contributed by atoms with van der Waals surface area (Å²) in [6, 6.07) is 17.5. The number of benzene rings is 2. The molecule has 2 heterocycles. The lowest BCUT2D eigenvalue weighted by atomic mass is 10.2. The molecular weight excluding hydrogens is 366 g/mol. The maximum absolute atomic E-state index is 12.8. The highest BCUT2D eigenvalue weighted by Crippen LogP contribution is 2.29. The molecule has 0 radical (unpaired) electrons. The fourth-order valence-corrected chi connectivity index (χ4v) is 5.82. The summed E-state index contributed by atoms with van der Waals surface area (Å²) < 4.78 is 28.4. The summed E-state index contributed by atoms with van der Waals surface area (Å²) in [7, 11) is -3.30. The van der Waals surface area contributed by atoms with Crippen LogP contribution >= 0.6 is 11.3 Å². The Morgan fingerprint density at radius 3 is 2.50 bits per heavy atom. The first kappa shape index (κ1) is 17.5. The molecule has 0 aliphatic carbocycles. The highest BCUT2D eigenvalue weighted by Gasteiger charge is 2.26. The molecule has 0 bridgehead atoms. The van der Waals surface area contributed by atoms with E-state index in [-0.39, 0.29) is 5.75 Å². The lowest BCUT2D eigenvalue weighted by Gasteiger charge is -2.21. The zero-order valence-electron chi connectivity index (χ0n) is 14.4. The van der Waals surface area contributed by atoms with Crippen LogP contribution in [0, 0.1) is 0 Å². The van der Waals surface area contributed by atoms with Crippen molar-refractivity contribution in [3.63, 3.8) is 0 Å². The minimum atomic E-state index is -3.30. The summed E-state index contributed by atoms with van der Waals surface area (Å²) in [4.78, 5) is 6.92. The Balaban J connectivity index is 1.47. The van der Waals surface area contributed by atoms with E-state index in [1.54, 1.807) is 15.6 Å². The quantitative estimate of drug-likeness (QED) is 0.689. The highest BCUT2D eigenvalue weighted by molar-refractivity contribution is 7.88. The van der Waals surface area contributed by atoms with E-state index in [0.717, 1.165) is 29.2 Å². The normalized spacial score (nSPS) is 16.7. The van der Waals surface area contributed by atoms with E-state index in [2.05, 4.69) is 11.0 Å². The van der Waals surface area contributed by atoms with E-state index in [4.69, 9.17) is 4.98 Å². The molecule has 3 aromatic rings. The van der Waals surface area contributed by atoms with Crippen LogP contribution in [0.2, 0.25) is 0 Å². The Bertz CT molecular complexity index is 953. The zero-order chi connectivity index (χ0) is 18.0. The van der Waals surface area contributed by atoms with Gasteiger partial charge < -0.3 is 4.90 Å². The SMILES string of the molecule is O=S(=O)(Cc1ccccc1)N1CCCN(c2nc3ccccc3s2)CC1.